The van der Waals surface area contributed by atoms with Gasteiger partial charge in [0.05, 0.1) is 20.3 Å². The first-order chi connectivity index (χ1) is 15.9. The molecule has 1 amide bonds. The second-order valence-corrected chi connectivity index (χ2v) is 10.3. The van der Waals surface area contributed by atoms with Crippen LogP contribution in [0.2, 0.25) is 0 Å². The standard InChI is InChI=1S/C27H34N2O4/c1-27(2)15-19-13-21(18-6-5-7-20(12-18)31-3)23(32-4)14-22(19)25(27)28-26(30)33-24-16-29-10-8-17(24)9-11-29/h5-7,12-14,17,24-25H,8-11,15-16H2,1-4H3,(H,28,30)/t24-,25?/m0/s1. The van der Waals surface area contributed by atoms with E-state index in [0.29, 0.717) is 5.92 Å². The Kier molecular flexibility index (Phi) is 5.73. The average Bonchev–Trinajstić information content (AvgIpc) is 3.07. The van der Waals surface area contributed by atoms with Gasteiger partial charge in [-0.2, -0.15) is 0 Å². The Balaban J connectivity index is 1.39. The summed E-state index contributed by atoms with van der Waals surface area (Å²) in [4.78, 5) is 15.4. The van der Waals surface area contributed by atoms with Crippen molar-refractivity contribution in [3.8, 4) is 22.6 Å². The number of hydrogen-bond donors (Lipinski definition) is 1. The molecule has 3 aliphatic heterocycles. The summed E-state index contributed by atoms with van der Waals surface area (Å²) in [5, 5.41) is 3.21. The van der Waals surface area contributed by atoms with E-state index in [9.17, 15) is 4.79 Å². The Morgan fingerprint density at radius 1 is 1.09 bits per heavy atom. The van der Waals surface area contributed by atoms with Gasteiger partial charge < -0.3 is 19.5 Å². The zero-order chi connectivity index (χ0) is 23.2. The average molecular weight is 451 g/mol. The topological polar surface area (TPSA) is 60.0 Å². The molecule has 176 valence electrons. The van der Waals surface area contributed by atoms with Gasteiger partial charge in [0.2, 0.25) is 0 Å². The smallest absolute Gasteiger partial charge is 0.407 e. The van der Waals surface area contributed by atoms with Gasteiger partial charge >= 0.3 is 6.09 Å². The number of benzene rings is 2. The van der Waals surface area contributed by atoms with Crippen LogP contribution >= 0.6 is 0 Å². The van der Waals surface area contributed by atoms with Crippen LogP contribution in [0.4, 0.5) is 4.79 Å². The van der Waals surface area contributed by atoms with Crippen molar-refractivity contribution in [1.82, 2.24) is 10.2 Å². The van der Waals surface area contributed by atoms with Crippen LogP contribution in [-0.4, -0.2) is 51.0 Å². The number of carbonyl (C=O) groups excluding carboxylic acids is 1. The van der Waals surface area contributed by atoms with E-state index in [1.165, 1.54) is 5.56 Å². The molecule has 0 saturated carbocycles. The quantitative estimate of drug-likeness (QED) is 0.708. The molecule has 6 heteroatoms. The fraction of sp³-hybridized carbons (Fsp3) is 0.519. The maximum atomic E-state index is 13.0. The summed E-state index contributed by atoms with van der Waals surface area (Å²) in [7, 11) is 3.36. The van der Waals surface area contributed by atoms with Crippen molar-refractivity contribution in [2.24, 2.45) is 11.3 Å². The molecule has 2 bridgehead atoms. The summed E-state index contributed by atoms with van der Waals surface area (Å²) in [5.41, 5.74) is 4.28. The van der Waals surface area contributed by atoms with Crippen molar-refractivity contribution in [3.63, 3.8) is 0 Å². The molecule has 3 heterocycles. The van der Waals surface area contributed by atoms with Crippen molar-refractivity contribution in [3.05, 3.63) is 47.5 Å². The van der Waals surface area contributed by atoms with Crippen LogP contribution in [0.3, 0.4) is 0 Å². The lowest BCUT2D eigenvalue weighted by Gasteiger charge is -2.44. The molecule has 1 aliphatic carbocycles. The van der Waals surface area contributed by atoms with E-state index in [0.717, 1.165) is 67.1 Å². The number of piperidine rings is 3. The second kappa shape index (κ2) is 8.56. The van der Waals surface area contributed by atoms with Gasteiger partial charge in [0.15, 0.2) is 0 Å². The molecule has 33 heavy (non-hydrogen) atoms. The molecule has 6 nitrogen and oxygen atoms in total. The predicted molar refractivity (Wildman–Crippen MR) is 128 cm³/mol. The Labute approximate surface area is 196 Å². The number of methoxy groups -OCH3 is 2. The highest BCUT2D eigenvalue weighted by atomic mass is 16.6. The summed E-state index contributed by atoms with van der Waals surface area (Å²) in [6.45, 7) is 7.52. The minimum Gasteiger partial charge on any atom is -0.497 e. The zero-order valence-corrected chi connectivity index (χ0v) is 20.0. The van der Waals surface area contributed by atoms with E-state index in [-0.39, 0.29) is 23.7 Å². The monoisotopic (exact) mass is 450 g/mol. The molecule has 3 saturated heterocycles. The van der Waals surface area contributed by atoms with E-state index < -0.39 is 0 Å². The normalized spacial score (nSPS) is 27.0. The van der Waals surface area contributed by atoms with Crippen molar-refractivity contribution in [1.29, 1.82) is 0 Å². The molecule has 0 aromatic heterocycles. The van der Waals surface area contributed by atoms with Crippen LogP contribution in [0.15, 0.2) is 36.4 Å². The molecule has 0 spiro atoms. The summed E-state index contributed by atoms with van der Waals surface area (Å²) >= 11 is 0. The van der Waals surface area contributed by atoms with Gasteiger partial charge in [-0.15, -0.1) is 0 Å². The SMILES string of the molecule is COc1cccc(-c2cc3c(cc2OC)C(NC(=O)O[C@H]2CN4CCC2CC4)C(C)(C)C3)c1. The third-order valence-corrected chi connectivity index (χ3v) is 7.70. The highest BCUT2D eigenvalue weighted by Gasteiger charge is 2.42. The van der Waals surface area contributed by atoms with Gasteiger partial charge in [0.1, 0.15) is 17.6 Å². The van der Waals surface area contributed by atoms with Crippen molar-refractivity contribution in [2.45, 2.75) is 45.3 Å². The van der Waals surface area contributed by atoms with Crippen LogP contribution in [0, 0.1) is 11.3 Å². The van der Waals surface area contributed by atoms with E-state index in [2.05, 4.69) is 42.3 Å². The van der Waals surface area contributed by atoms with Crippen LogP contribution in [-0.2, 0) is 11.2 Å². The first kappa shape index (κ1) is 22.1. The van der Waals surface area contributed by atoms with Crippen LogP contribution in [0.25, 0.3) is 11.1 Å². The minimum atomic E-state index is -0.310. The fourth-order valence-electron chi connectivity index (χ4n) is 5.87. The molecule has 2 aromatic carbocycles. The lowest BCUT2D eigenvalue weighted by molar-refractivity contribution is -0.0349. The number of rotatable bonds is 5. The third-order valence-electron chi connectivity index (χ3n) is 7.70. The minimum absolute atomic E-state index is 0.00135. The molecule has 4 aliphatic rings. The number of fused-ring (bicyclic) bond motifs is 4. The molecule has 2 atom stereocenters. The van der Waals surface area contributed by atoms with Gasteiger partial charge in [-0.1, -0.05) is 26.0 Å². The Hall–Kier alpha value is -2.73. The van der Waals surface area contributed by atoms with Crippen molar-refractivity contribution >= 4 is 6.09 Å². The van der Waals surface area contributed by atoms with Crippen LogP contribution < -0.4 is 14.8 Å². The Morgan fingerprint density at radius 2 is 1.88 bits per heavy atom. The summed E-state index contributed by atoms with van der Waals surface area (Å²) in [6, 6.07) is 12.2. The van der Waals surface area contributed by atoms with Crippen molar-refractivity contribution in [2.75, 3.05) is 33.9 Å². The van der Waals surface area contributed by atoms with Gasteiger partial charge in [-0.3, -0.25) is 4.90 Å². The van der Waals surface area contributed by atoms with E-state index in [4.69, 9.17) is 14.2 Å². The van der Waals surface area contributed by atoms with Gasteiger partial charge in [-0.25, -0.2) is 4.79 Å². The molecule has 2 aromatic rings. The van der Waals surface area contributed by atoms with E-state index >= 15 is 0 Å². The zero-order valence-electron chi connectivity index (χ0n) is 20.0. The fourth-order valence-corrected chi connectivity index (χ4v) is 5.87. The van der Waals surface area contributed by atoms with Gasteiger partial charge in [-0.05, 0) is 84.6 Å². The predicted octanol–water partition coefficient (Wildman–Crippen LogP) is 4.81. The molecule has 3 fully saturated rings. The Bertz CT molecular complexity index is 1040. The van der Waals surface area contributed by atoms with Crippen molar-refractivity contribution < 1.29 is 19.0 Å². The maximum Gasteiger partial charge on any atom is 0.407 e. The molecular formula is C27H34N2O4. The lowest BCUT2D eigenvalue weighted by Crippen LogP contribution is -2.53. The molecule has 1 unspecified atom stereocenters. The van der Waals surface area contributed by atoms with Gasteiger partial charge in [0, 0.05) is 12.1 Å². The highest BCUT2D eigenvalue weighted by Crippen LogP contribution is 2.49. The van der Waals surface area contributed by atoms with Gasteiger partial charge in [0.25, 0.3) is 0 Å². The summed E-state index contributed by atoms with van der Waals surface area (Å²) < 4.78 is 17.1. The first-order valence-corrected chi connectivity index (χ1v) is 11.9. The van der Waals surface area contributed by atoms with E-state index in [1.54, 1.807) is 14.2 Å². The number of nitrogens with one attached hydrogen (secondary N) is 1. The highest BCUT2D eigenvalue weighted by molar-refractivity contribution is 5.75. The number of alkyl carbamates (subject to hydrolysis) is 1. The molecular weight excluding hydrogens is 416 g/mol. The number of amides is 1. The maximum absolute atomic E-state index is 13.0. The summed E-state index contributed by atoms with van der Waals surface area (Å²) in [6.07, 6.45) is 2.81. The molecule has 6 rings (SSSR count). The number of hydrogen-bond acceptors (Lipinski definition) is 5. The van der Waals surface area contributed by atoms with E-state index in [1.807, 2.05) is 18.2 Å². The summed E-state index contributed by atoms with van der Waals surface area (Å²) in [5.74, 6) is 2.10. The van der Waals surface area contributed by atoms with Crippen LogP contribution in [0.1, 0.15) is 43.9 Å². The second-order valence-electron chi connectivity index (χ2n) is 10.3. The molecule has 1 N–H and O–H groups in total. The number of ether oxygens (including phenoxy) is 3. The third kappa shape index (κ3) is 4.17. The molecule has 0 radical (unpaired) electrons. The lowest BCUT2D eigenvalue weighted by atomic mass is 9.85. The largest absolute Gasteiger partial charge is 0.497 e. The van der Waals surface area contributed by atoms with Crippen LogP contribution in [0.5, 0.6) is 11.5 Å². The Morgan fingerprint density at radius 3 is 2.55 bits per heavy atom. The number of nitrogens with zero attached hydrogens (tertiary/aromatic N) is 1. The first-order valence-electron chi connectivity index (χ1n) is 11.9. The number of carbonyl (C=O) groups is 1.